The molecule has 1 saturated heterocycles. The first-order chi connectivity index (χ1) is 10.5. The number of hydrogen-bond acceptors (Lipinski definition) is 4. The molecule has 1 aliphatic heterocycles. The summed E-state index contributed by atoms with van der Waals surface area (Å²) in [5.74, 6) is 0.704. The van der Waals surface area contributed by atoms with Gasteiger partial charge >= 0.3 is 0 Å². The predicted molar refractivity (Wildman–Crippen MR) is 93.7 cm³/mol. The minimum absolute atomic E-state index is 0. The lowest BCUT2D eigenvalue weighted by molar-refractivity contribution is 0.344. The van der Waals surface area contributed by atoms with Gasteiger partial charge in [0.1, 0.15) is 5.75 Å². The van der Waals surface area contributed by atoms with Gasteiger partial charge in [0.15, 0.2) is 0 Å². The van der Waals surface area contributed by atoms with E-state index in [0.717, 1.165) is 5.39 Å². The lowest BCUT2D eigenvalue weighted by Crippen LogP contribution is -2.32. The minimum Gasteiger partial charge on any atom is -0.493 e. The van der Waals surface area contributed by atoms with E-state index in [2.05, 4.69) is 0 Å². The van der Waals surface area contributed by atoms with Crippen LogP contribution < -0.4 is 10.5 Å². The number of halogens is 1. The van der Waals surface area contributed by atoms with Crippen LogP contribution in [0.3, 0.4) is 0 Å². The van der Waals surface area contributed by atoms with E-state index in [1.54, 1.807) is 12.1 Å². The molecule has 0 saturated carbocycles. The summed E-state index contributed by atoms with van der Waals surface area (Å²) < 4.78 is 32.9. The van der Waals surface area contributed by atoms with Crippen LogP contribution in [0.15, 0.2) is 41.3 Å². The Morgan fingerprint density at radius 3 is 2.52 bits per heavy atom. The van der Waals surface area contributed by atoms with Gasteiger partial charge in [-0.05, 0) is 25.5 Å². The van der Waals surface area contributed by atoms with Crippen molar-refractivity contribution in [2.75, 3.05) is 19.7 Å². The summed E-state index contributed by atoms with van der Waals surface area (Å²) in [5, 5.41) is 1.50. The summed E-state index contributed by atoms with van der Waals surface area (Å²) in [5.41, 5.74) is 5.85. The van der Waals surface area contributed by atoms with E-state index in [9.17, 15) is 8.42 Å². The molecule has 0 bridgehead atoms. The lowest BCUT2D eigenvalue weighted by atomic mass is 10.1. The predicted octanol–water partition coefficient (Wildman–Crippen LogP) is 2.38. The first kappa shape index (κ1) is 18.0. The zero-order valence-corrected chi connectivity index (χ0v) is 14.6. The molecule has 0 radical (unpaired) electrons. The van der Waals surface area contributed by atoms with Gasteiger partial charge in [-0.3, -0.25) is 0 Å². The molecule has 1 heterocycles. The van der Waals surface area contributed by atoms with E-state index in [-0.39, 0.29) is 18.4 Å². The number of rotatable bonds is 4. The van der Waals surface area contributed by atoms with Crippen LogP contribution in [-0.2, 0) is 10.0 Å². The number of hydrogen-bond donors (Lipinski definition) is 1. The van der Waals surface area contributed by atoms with E-state index in [1.807, 2.05) is 31.2 Å². The molecule has 1 aliphatic rings. The largest absolute Gasteiger partial charge is 0.493 e. The Labute approximate surface area is 142 Å². The van der Waals surface area contributed by atoms with E-state index < -0.39 is 10.0 Å². The quantitative estimate of drug-likeness (QED) is 0.912. The Kier molecular flexibility index (Phi) is 5.52. The van der Waals surface area contributed by atoms with Crippen LogP contribution in [0.25, 0.3) is 10.8 Å². The molecule has 0 aliphatic carbocycles. The molecular formula is C16H21ClN2O3S. The van der Waals surface area contributed by atoms with Gasteiger partial charge in [0.05, 0.1) is 11.5 Å². The van der Waals surface area contributed by atoms with E-state index in [0.29, 0.717) is 42.1 Å². The fraction of sp³-hybridized carbons (Fsp3) is 0.375. The summed E-state index contributed by atoms with van der Waals surface area (Å²) in [6, 6.07) is 10.7. The van der Waals surface area contributed by atoms with E-state index in [1.165, 1.54) is 4.31 Å². The maximum Gasteiger partial charge on any atom is 0.243 e. The van der Waals surface area contributed by atoms with Gasteiger partial charge in [0, 0.05) is 29.9 Å². The lowest BCUT2D eigenvalue weighted by Gasteiger charge is -2.18. The van der Waals surface area contributed by atoms with Gasteiger partial charge in [-0.2, -0.15) is 4.31 Å². The van der Waals surface area contributed by atoms with Gasteiger partial charge in [-0.1, -0.05) is 24.3 Å². The van der Waals surface area contributed by atoms with Gasteiger partial charge in [-0.25, -0.2) is 8.42 Å². The highest BCUT2D eigenvalue weighted by molar-refractivity contribution is 7.89. The molecule has 7 heteroatoms. The van der Waals surface area contributed by atoms with Crippen molar-refractivity contribution in [2.45, 2.75) is 24.3 Å². The first-order valence-corrected chi connectivity index (χ1v) is 8.88. The minimum atomic E-state index is -3.53. The van der Waals surface area contributed by atoms with Crippen LogP contribution in [-0.4, -0.2) is 38.5 Å². The van der Waals surface area contributed by atoms with Crippen molar-refractivity contribution >= 4 is 33.2 Å². The number of benzene rings is 2. The maximum atomic E-state index is 12.9. The smallest absolute Gasteiger partial charge is 0.243 e. The van der Waals surface area contributed by atoms with Crippen LogP contribution >= 0.6 is 12.4 Å². The Morgan fingerprint density at radius 1 is 1.22 bits per heavy atom. The molecule has 3 rings (SSSR count). The molecule has 0 amide bonds. The number of nitrogens with zero attached hydrogens (tertiary/aromatic N) is 1. The van der Waals surface area contributed by atoms with Gasteiger partial charge in [0.2, 0.25) is 10.0 Å². The standard InChI is InChI=1S/C16H20N2O3S.ClH/c1-2-21-15-7-8-16(14-6-4-3-5-13(14)15)22(19,20)18-10-9-12(17)11-18;/h3-8,12H,2,9-11,17H2,1H3;1H/t12-;/m1./s1. The number of fused-ring (bicyclic) bond motifs is 1. The van der Waals surface area contributed by atoms with Crippen LogP contribution in [0, 0.1) is 0 Å². The third kappa shape index (κ3) is 3.30. The molecule has 2 aromatic carbocycles. The van der Waals surface area contributed by atoms with Crippen molar-refractivity contribution in [1.29, 1.82) is 0 Å². The Morgan fingerprint density at radius 2 is 1.91 bits per heavy atom. The highest BCUT2D eigenvalue weighted by Gasteiger charge is 2.32. The van der Waals surface area contributed by atoms with Crippen LogP contribution in [0.4, 0.5) is 0 Å². The van der Waals surface area contributed by atoms with Crippen molar-refractivity contribution in [1.82, 2.24) is 4.31 Å². The highest BCUT2D eigenvalue weighted by atomic mass is 35.5. The van der Waals surface area contributed by atoms with Crippen molar-refractivity contribution in [2.24, 2.45) is 5.73 Å². The molecule has 0 unspecified atom stereocenters. The van der Waals surface area contributed by atoms with Crippen molar-refractivity contribution in [3.8, 4) is 5.75 Å². The summed E-state index contributed by atoms with van der Waals surface area (Å²) in [7, 11) is -3.53. The topological polar surface area (TPSA) is 72.6 Å². The van der Waals surface area contributed by atoms with E-state index in [4.69, 9.17) is 10.5 Å². The Bertz CT molecular complexity index is 795. The molecule has 2 aromatic rings. The summed E-state index contributed by atoms with van der Waals surface area (Å²) >= 11 is 0. The van der Waals surface area contributed by atoms with Gasteiger partial charge in [-0.15, -0.1) is 12.4 Å². The number of ether oxygens (including phenoxy) is 1. The van der Waals surface area contributed by atoms with Crippen molar-refractivity contribution < 1.29 is 13.2 Å². The monoisotopic (exact) mass is 356 g/mol. The normalized spacial score (nSPS) is 18.8. The zero-order chi connectivity index (χ0) is 15.7. The Balaban J connectivity index is 0.00000192. The van der Waals surface area contributed by atoms with Crippen LogP contribution in [0.5, 0.6) is 5.75 Å². The average molecular weight is 357 g/mol. The summed E-state index contributed by atoms with van der Waals surface area (Å²) in [6.45, 7) is 3.30. The molecule has 126 valence electrons. The van der Waals surface area contributed by atoms with Crippen LogP contribution in [0.1, 0.15) is 13.3 Å². The molecule has 23 heavy (non-hydrogen) atoms. The zero-order valence-electron chi connectivity index (χ0n) is 12.9. The third-order valence-electron chi connectivity index (χ3n) is 3.95. The first-order valence-electron chi connectivity index (χ1n) is 7.44. The van der Waals surface area contributed by atoms with E-state index >= 15 is 0 Å². The van der Waals surface area contributed by atoms with Gasteiger partial charge in [0.25, 0.3) is 0 Å². The fourth-order valence-electron chi connectivity index (χ4n) is 2.86. The second-order valence-corrected chi connectivity index (χ2v) is 7.36. The highest BCUT2D eigenvalue weighted by Crippen LogP contribution is 2.33. The fourth-order valence-corrected chi connectivity index (χ4v) is 4.57. The SMILES string of the molecule is CCOc1ccc(S(=O)(=O)N2CC[C@@H](N)C2)c2ccccc12.Cl. The summed E-state index contributed by atoms with van der Waals surface area (Å²) in [4.78, 5) is 0.320. The molecule has 0 spiro atoms. The average Bonchev–Trinajstić information content (AvgIpc) is 2.95. The second kappa shape index (κ2) is 7.05. The van der Waals surface area contributed by atoms with Crippen LogP contribution in [0.2, 0.25) is 0 Å². The van der Waals surface area contributed by atoms with Crippen molar-refractivity contribution in [3.63, 3.8) is 0 Å². The molecule has 1 atom stereocenters. The molecule has 5 nitrogen and oxygen atoms in total. The Hall–Kier alpha value is -1.34. The molecule has 0 aromatic heterocycles. The molecule has 1 fully saturated rings. The number of nitrogens with two attached hydrogens (primary N) is 1. The molecular weight excluding hydrogens is 336 g/mol. The molecule has 2 N–H and O–H groups in total. The number of sulfonamides is 1. The third-order valence-corrected chi connectivity index (χ3v) is 5.87. The summed E-state index contributed by atoms with van der Waals surface area (Å²) in [6.07, 6.45) is 0.703. The van der Waals surface area contributed by atoms with Crippen molar-refractivity contribution in [3.05, 3.63) is 36.4 Å². The van der Waals surface area contributed by atoms with Gasteiger partial charge < -0.3 is 10.5 Å². The second-order valence-electron chi connectivity index (χ2n) is 5.45. The maximum absolute atomic E-state index is 12.9.